The molecular formula is C52H99NO10. The zero-order valence-electron chi connectivity index (χ0n) is 40.6. The molecule has 7 unspecified atom stereocenters. The lowest BCUT2D eigenvalue weighted by molar-refractivity contribution is -0.302. The third-order valence-corrected chi connectivity index (χ3v) is 12.7. The van der Waals surface area contributed by atoms with Crippen LogP contribution in [0, 0.1) is 0 Å². The van der Waals surface area contributed by atoms with Crippen molar-refractivity contribution in [1.82, 2.24) is 5.32 Å². The molecule has 1 heterocycles. The molecule has 11 nitrogen and oxygen atoms in total. The van der Waals surface area contributed by atoms with Crippen LogP contribution in [-0.2, 0) is 23.8 Å². The van der Waals surface area contributed by atoms with Gasteiger partial charge in [-0.1, -0.05) is 212 Å². The summed E-state index contributed by atoms with van der Waals surface area (Å²) in [5, 5.41) is 54.1. The van der Waals surface area contributed by atoms with Crippen molar-refractivity contribution in [3.63, 3.8) is 0 Å². The maximum absolute atomic E-state index is 13.0. The van der Waals surface area contributed by atoms with Crippen molar-refractivity contribution in [3.05, 3.63) is 12.2 Å². The summed E-state index contributed by atoms with van der Waals surface area (Å²) < 4.78 is 16.6. The standard InChI is InChI=1S/C52H99NO10/c1-3-5-7-9-11-13-19-24-28-32-36-40-48(57)61-41-37-33-29-25-21-18-16-15-17-20-23-27-31-35-39-47(56)53-44(43-62-52-51(60)50(59)49(58)46(42-54)63-52)45(55)38-34-30-26-22-14-12-10-8-6-4-2/h34,38,44-46,49-52,54-55,58-60H,3-33,35-37,39-43H2,1-2H3,(H,53,56)/b38-34+. The molecule has 0 bridgehead atoms. The van der Waals surface area contributed by atoms with Gasteiger partial charge in [-0.2, -0.15) is 0 Å². The second-order valence-electron chi connectivity index (χ2n) is 18.6. The lowest BCUT2D eigenvalue weighted by Gasteiger charge is -2.40. The van der Waals surface area contributed by atoms with E-state index in [1.165, 1.54) is 148 Å². The molecule has 0 aromatic carbocycles. The number of hydrogen-bond acceptors (Lipinski definition) is 10. The summed E-state index contributed by atoms with van der Waals surface area (Å²) in [5.74, 6) is -0.216. The summed E-state index contributed by atoms with van der Waals surface area (Å²) in [4.78, 5) is 25.0. The zero-order chi connectivity index (χ0) is 46.0. The van der Waals surface area contributed by atoms with Gasteiger partial charge < -0.3 is 45.1 Å². The van der Waals surface area contributed by atoms with E-state index in [0.717, 1.165) is 70.6 Å². The van der Waals surface area contributed by atoms with Crippen molar-refractivity contribution in [1.29, 1.82) is 0 Å². The molecule has 6 N–H and O–H groups in total. The van der Waals surface area contributed by atoms with Gasteiger partial charge >= 0.3 is 5.97 Å². The van der Waals surface area contributed by atoms with Crippen molar-refractivity contribution >= 4 is 11.9 Å². The highest BCUT2D eigenvalue weighted by Crippen LogP contribution is 2.23. The van der Waals surface area contributed by atoms with E-state index in [1.54, 1.807) is 6.08 Å². The van der Waals surface area contributed by atoms with E-state index in [2.05, 4.69) is 19.2 Å². The van der Waals surface area contributed by atoms with Gasteiger partial charge in [-0.05, 0) is 32.1 Å². The molecule has 1 fully saturated rings. The number of rotatable bonds is 45. The zero-order valence-corrected chi connectivity index (χ0v) is 40.6. The van der Waals surface area contributed by atoms with Gasteiger partial charge in [-0.3, -0.25) is 9.59 Å². The Morgan fingerprint density at radius 2 is 1.00 bits per heavy atom. The fraction of sp³-hybridized carbons (Fsp3) is 0.923. The number of amides is 1. The molecule has 1 saturated heterocycles. The molecule has 0 aromatic rings. The molecule has 0 radical (unpaired) electrons. The molecule has 372 valence electrons. The Kier molecular flexibility index (Phi) is 40.6. The predicted octanol–water partition coefficient (Wildman–Crippen LogP) is 10.8. The maximum atomic E-state index is 13.0. The van der Waals surface area contributed by atoms with Gasteiger partial charge in [0.05, 0.1) is 32.0 Å². The van der Waals surface area contributed by atoms with E-state index in [-0.39, 0.29) is 18.5 Å². The van der Waals surface area contributed by atoms with Gasteiger partial charge in [0.2, 0.25) is 5.91 Å². The van der Waals surface area contributed by atoms with Crippen molar-refractivity contribution in [3.8, 4) is 0 Å². The summed E-state index contributed by atoms with van der Waals surface area (Å²) in [7, 11) is 0. The summed E-state index contributed by atoms with van der Waals surface area (Å²) >= 11 is 0. The number of aliphatic hydroxyl groups is 5. The van der Waals surface area contributed by atoms with Crippen LogP contribution in [0.25, 0.3) is 0 Å². The van der Waals surface area contributed by atoms with Crippen LogP contribution in [-0.4, -0.2) is 100 Å². The van der Waals surface area contributed by atoms with E-state index in [4.69, 9.17) is 14.2 Å². The fourth-order valence-electron chi connectivity index (χ4n) is 8.37. The Morgan fingerprint density at radius 1 is 0.571 bits per heavy atom. The second-order valence-corrected chi connectivity index (χ2v) is 18.6. The highest BCUT2D eigenvalue weighted by Gasteiger charge is 2.44. The van der Waals surface area contributed by atoms with Crippen LogP contribution in [0.1, 0.15) is 245 Å². The highest BCUT2D eigenvalue weighted by molar-refractivity contribution is 5.76. The molecule has 1 aliphatic rings. The number of esters is 1. The average Bonchev–Trinajstić information content (AvgIpc) is 3.28. The van der Waals surface area contributed by atoms with E-state index in [1.807, 2.05) is 6.08 Å². The topological polar surface area (TPSA) is 175 Å². The van der Waals surface area contributed by atoms with Crippen molar-refractivity contribution in [2.45, 2.75) is 288 Å². The quantitative estimate of drug-likeness (QED) is 0.0196. The van der Waals surface area contributed by atoms with Crippen molar-refractivity contribution in [2.24, 2.45) is 0 Å². The third kappa shape index (κ3) is 33.5. The summed E-state index contributed by atoms with van der Waals surface area (Å²) in [5.41, 5.74) is 0. The maximum Gasteiger partial charge on any atom is 0.305 e. The molecule has 0 saturated carbocycles. The monoisotopic (exact) mass is 898 g/mol. The van der Waals surface area contributed by atoms with E-state index >= 15 is 0 Å². The van der Waals surface area contributed by atoms with Gasteiger partial charge in [0.15, 0.2) is 6.29 Å². The fourth-order valence-corrected chi connectivity index (χ4v) is 8.37. The SMILES string of the molecule is CCCCCCCCCC/C=C/C(O)C(COC1OC(CO)C(O)C(O)C1O)NC(=O)CCCCCCCCCCCCCCCCOC(=O)CCCCCCCCCCCCC. The lowest BCUT2D eigenvalue weighted by Crippen LogP contribution is -2.60. The van der Waals surface area contributed by atoms with Crippen LogP contribution in [0.2, 0.25) is 0 Å². The molecule has 1 rings (SSSR count). The molecule has 11 heteroatoms. The Labute approximate surface area is 385 Å². The highest BCUT2D eigenvalue weighted by atomic mass is 16.7. The first kappa shape index (κ1) is 59.4. The molecule has 1 aliphatic heterocycles. The van der Waals surface area contributed by atoms with Crippen LogP contribution < -0.4 is 5.32 Å². The molecule has 0 spiro atoms. The summed E-state index contributed by atoms with van der Waals surface area (Å²) in [6, 6.07) is -0.815. The van der Waals surface area contributed by atoms with E-state index in [9.17, 15) is 35.1 Å². The second kappa shape index (κ2) is 43.0. The first-order valence-electron chi connectivity index (χ1n) is 26.5. The molecule has 63 heavy (non-hydrogen) atoms. The first-order valence-corrected chi connectivity index (χ1v) is 26.5. The van der Waals surface area contributed by atoms with E-state index < -0.39 is 49.5 Å². The molecule has 1 amide bonds. The van der Waals surface area contributed by atoms with Gasteiger partial charge in [-0.15, -0.1) is 0 Å². The van der Waals surface area contributed by atoms with E-state index in [0.29, 0.717) is 19.4 Å². The number of aliphatic hydroxyl groups excluding tert-OH is 5. The number of hydrogen-bond donors (Lipinski definition) is 6. The van der Waals surface area contributed by atoms with Crippen molar-refractivity contribution < 1.29 is 49.3 Å². The average molecular weight is 898 g/mol. The van der Waals surface area contributed by atoms with Crippen molar-refractivity contribution in [2.75, 3.05) is 19.8 Å². The first-order chi connectivity index (χ1) is 30.7. The van der Waals surface area contributed by atoms with Gasteiger partial charge in [-0.25, -0.2) is 0 Å². The lowest BCUT2D eigenvalue weighted by atomic mass is 9.99. The number of ether oxygens (including phenoxy) is 3. The van der Waals surface area contributed by atoms with Gasteiger partial charge in [0.1, 0.15) is 24.4 Å². The van der Waals surface area contributed by atoms with Crippen LogP contribution in [0.4, 0.5) is 0 Å². The molecular weight excluding hydrogens is 799 g/mol. The Hall–Kier alpha value is -1.60. The number of nitrogens with one attached hydrogen (secondary N) is 1. The predicted molar refractivity (Wildman–Crippen MR) is 255 cm³/mol. The Bertz CT molecular complexity index is 1060. The number of carbonyl (C=O) groups excluding carboxylic acids is 2. The summed E-state index contributed by atoms with van der Waals surface area (Å²) in [6.45, 7) is 4.28. The van der Waals surface area contributed by atoms with Crippen LogP contribution in [0.3, 0.4) is 0 Å². The smallest absolute Gasteiger partial charge is 0.305 e. The molecule has 0 aromatic heterocycles. The number of unbranched alkanes of at least 4 members (excludes halogenated alkanes) is 31. The molecule has 7 atom stereocenters. The Balaban J connectivity index is 2.13. The largest absolute Gasteiger partial charge is 0.466 e. The van der Waals surface area contributed by atoms with Crippen LogP contribution in [0.5, 0.6) is 0 Å². The normalized spacial score (nSPS) is 20.0. The Morgan fingerprint density at radius 3 is 1.48 bits per heavy atom. The van der Waals surface area contributed by atoms with Crippen LogP contribution >= 0.6 is 0 Å². The number of carbonyl (C=O) groups is 2. The minimum Gasteiger partial charge on any atom is -0.466 e. The van der Waals surface area contributed by atoms with Gasteiger partial charge in [0, 0.05) is 12.8 Å². The molecule has 0 aliphatic carbocycles. The van der Waals surface area contributed by atoms with Crippen LogP contribution in [0.15, 0.2) is 12.2 Å². The minimum absolute atomic E-state index is 0.0232. The third-order valence-electron chi connectivity index (χ3n) is 12.7. The minimum atomic E-state index is -1.57. The van der Waals surface area contributed by atoms with Gasteiger partial charge in [0.25, 0.3) is 0 Å². The summed E-state index contributed by atoms with van der Waals surface area (Å²) in [6.07, 6.45) is 37.2. The number of allylic oxidation sites excluding steroid dienone is 1.